The van der Waals surface area contributed by atoms with Crippen molar-refractivity contribution in [1.82, 2.24) is 15.3 Å². The molecule has 1 aromatic heterocycles. The number of nitrogens with one attached hydrogen (secondary N) is 3. The number of aryl methyl sites for hydroxylation is 1. The first-order valence-electron chi connectivity index (χ1n) is 7.35. The molecule has 0 atom stereocenters. The third kappa shape index (κ3) is 3.07. The van der Waals surface area contributed by atoms with Crippen LogP contribution in [0.5, 0.6) is 0 Å². The molecule has 3 rings (SSSR count). The zero-order valence-electron chi connectivity index (χ0n) is 13.2. The maximum atomic E-state index is 12.3. The maximum absolute atomic E-state index is 12.3. The minimum atomic E-state index is -0.266. The topological polar surface area (TPSA) is 75.2 Å². The van der Waals surface area contributed by atoms with Crippen molar-refractivity contribution in [2.45, 2.75) is 13.8 Å². The Morgan fingerprint density at radius 1 is 1.21 bits per heavy atom. The van der Waals surface area contributed by atoms with Crippen LogP contribution < -0.4 is 16.1 Å². The van der Waals surface area contributed by atoms with Gasteiger partial charge < -0.3 is 5.32 Å². The molecule has 2 amide bonds. The predicted octanol–water partition coefficient (Wildman–Crippen LogP) is 1.83. The number of benzene rings is 1. The van der Waals surface area contributed by atoms with E-state index in [1.165, 1.54) is 0 Å². The summed E-state index contributed by atoms with van der Waals surface area (Å²) in [7, 11) is 0. The summed E-state index contributed by atoms with van der Waals surface area (Å²) in [6.45, 7) is 3.75. The molecule has 1 aliphatic heterocycles. The van der Waals surface area contributed by atoms with Crippen LogP contribution in [0.1, 0.15) is 27.3 Å². The van der Waals surface area contributed by atoms with Gasteiger partial charge in [0.2, 0.25) is 0 Å². The van der Waals surface area contributed by atoms with Crippen LogP contribution in [0.25, 0.3) is 6.08 Å². The van der Waals surface area contributed by atoms with Crippen LogP contribution in [0.3, 0.4) is 0 Å². The van der Waals surface area contributed by atoms with Gasteiger partial charge in [0.25, 0.3) is 11.8 Å². The second-order valence-electron chi connectivity index (χ2n) is 5.44. The van der Waals surface area contributed by atoms with Crippen molar-refractivity contribution in [1.29, 1.82) is 0 Å². The lowest BCUT2D eigenvalue weighted by molar-refractivity contribution is -0.115. The van der Waals surface area contributed by atoms with E-state index in [9.17, 15) is 9.59 Å². The molecule has 1 aliphatic rings. The molecular formula is C17H16N4O2S. The monoisotopic (exact) mass is 340 g/mol. The smallest absolute Gasteiger partial charge is 0.273 e. The summed E-state index contributed by atoms with van der Waals surface area (Å²) in [6.07, 6.45) is 1.71. The van der Waals surface area contributed by atoms with Gasteiger partial charge in [0.15, 0.2) is 5.11 Å². The summed E-state index contributed by atoms with van der Waals surface area (Å²) in [4.78, 5) is 24.1. The fraction of sp³-hybridized carbons (Fsp3) is 0.118. The second-order valence-corrected chi connectivity index (χ2v) is 5.84. The molecule has 122 valence electrons. The average Bonchev–Trinajstić information content (AvgIpc) is 3.01. The summed E-state index contributed by atoms with van der Waals surface area (Å²) in [5.41, 5.74) is 6.31. The van der Waals surface area contributed by atoms with E-state index < -0.39 is 0 Å². The van der Waals surface area contributed by atoms with Crippen molar-refractivity contribution in [3.05, 3.63) is 64.6 Å². The number of nitrogens with zero attached hydrogens (tertiary/aromatic N) is 1. The van der Waals surface area contributed by atoms with Crippen LogP contribution in [0.15, 0.2) is 42.1 Å². The quantitative estimate of drug-likeness (QED) is 0.589. The van der Waals surface area contributed by atoms with Crippen LogP contribution in [-0.2, 0) is 4.79 Å². The summed E-state index contributed by atoms with van der Waals surface area (Å²) in [5.74, 6) is -0.465. The number of hydrogen-bond acceptors (Lipinski definition) is 3. The molecule has 1 aromatic carbocycles. The number of carbonyl (C=O) groups excluding carboxylic acids is 2. The second kappa shape index (κ2) is 6.29. The van der Waals surface area contributed by atoms with Crippen molar-refractivity contribution in [2.75, 3.05) is 5.43 Å². The zero-order valence-corrected chi connectivity index (χ0v) is 14.0. The molecule has 0 unspecified atom stereocenters. The maximum Gasteiger partial charge on any atom is 0.273 e. The molecule has 0 radical (unpaired) electrons. The first kappa shape index (κ1) is 15.9. The number of aromatic nitrogens is 1. The van der Waals surface area contributed by atoms with E-state index in [0.717, 1.165) is 17.0 Å². The first-order valence-corrected chi connectivity index (χ1v) is 7.76. The molecular weight excluding hydrogens is 324 g/mol. The molecule has 2 heterocycles. The van der Waals surface area contributed by atoms with Crippen LogP contribution >= 0.6 is 12.2 Å². The molecule has 1 saturated heterocycles. The van der Waals surface area contributed by atoms with Gasteiger partial charge in [0.05, 0.1) is 0 Å². The molecule has 1 fully saturated rings. The molecule has 0 aliphatic carbocycles. The van der Waals surface area contributed by atoms with E-state index in [1.807, 2.05) is 38.1 Å². The predicted molar refractivity (Wildman–Crippen MR) is 95.9 cm³/mol. The van der Waals surface area contributed by atoms with Crippen LogP contribution in [0, 0.1) is 13.8 Å². The summed E-state index contributed by atoms with van der Waals surface area (Å²) in [5, 5.41) is 5.62. The van der Waals surface area contributed by atoms with Crippen molar-refractivity contribution < 1.29 is 9.59 Å². The van der Waals surface area contributed by atoms with Crippen LogP contribution in [-0.4, -0.2) is 21.6 Å². The van der Waals surface area contributed by atoms with Gasteiger partial charge in [-0.25, -0.2) is 0 Å². The van der Waals surface area contributed by atoms with Crippen molar-refractivity contribution in [3.8, 4) is 0 Å². The Bertz CT molecular complexity index is 868. The van der Waals surface area contributed by atoms with E-state index >= 15 is 0 Å². The highest BCUT2D eigenvalue weighted by molar-refractivity contribution is 7.80. The Balaban J connectivity index is 1.87. The van der Waals surface area contributed by atoms with Gasteiger partial charge in [0, 0.05) is 17.0 Å². The minimum absolute atomic E-state index is 0.200. The molecule has 0 saturated carbocycles. The SMILES string of the molecule is Cc1cc(/C=C2/NC(=S)NC2=O)c(C)n1NC(=O)c1ccccc1. The summed E-state index contributed by atoms with van der Waals surface area (Å²) >= 11 is 4.92. The van der Waals surface area contributed by atoms with E-state index in [4.69, 9.17) is 12.2 Å². The Morgan fingerprint density at radius 3 is 2.54 bits per heavy atom. The van der Waals surface area contributed by atoms with E-state index in [2.05, 4.69) is 16.1 Å². The van der Waals surface area contributed by atoms with Crippen molar-refractivity contribution in [3.63, 3.8) is 0 Å². The number of carbonyl (C=O) groups is 2. The number of thiocarbonyl (C=S) groups is 1. The van der Waals surface area contributed by atoms with Crippen LogP contribution in [0.2, 0.25) is 0 Å². The van der Waals surface area contributed by atoms with Crippen LogP contribution in [0.4, 0.5) is 0 Å². The summed E-state index contributed by atoms with van der Waals surface area (Å²) in [6, 6.07) is 10.9. The molecule has 24 heavy (non-hydrogen) atoms. The lowest BCUT2D eigenvalue weighted by atomic mass is 10.2. The number of rotatable bonds is 3. The normalized spacial score (nSPS) is 15.3. The molecule has 2 aromatic rings. The summed E-state index contributed by atoms with van der Waals surface area (Å²) < 4.78 is 1.70. The highest BCUT2D eigenvalue weighted by Gasteiger charge is 2.21. The van der Waals surface area contributed by atoms with Gasteiger partial charge in [-0.3, -0.25) is 25.0 Å². The van der Waals surface area contributed by atoms with Gasteiger partial charge in [-0.1, -0.05) is 18.2 Å². The molecule has 3 N–H and O–H groups in total. The highest BCUT2D eigenvalue weighted by Crippen LogP contribution is 2.18. The fourth-order valence-corrected chi connectivity index (χ4v) is 2.70. The fourth-order valence-electron chi connectivity index (χ4n) is 2.50. The van der Waals surface area contributed by atoms with Gasteiger partial charge in [-0.05, 0) is 55.9 Å². The standard InChI is InChI=1S/C17H16N4O2S/c1-10-8-13(9-14-16(23)19-17(24)18-14)11(2)21(10)20-15(22)12-6-4-3-5-7-12/h3-9H,1-2H3,(H,20,22)(H2,18,19,23,24)/b14-9+. The number of hydrogen-bond donors (Lipinski definition) is 3. The molecule has 0 bridgehead atoms. The third-order valence-electron chi connectivity index (χ3n) is 3.74. The average molecular weight is 340 g/mol. The van der Waals surface area contributed by atoms with Gasteiger partial charge in [0.1, 0.15) is 5.70 Å². The largest absolute Gasteiger partial charge is 0.328 e. The molecule has 0 spiro atoms. The van der Waals surface area contributed by atoms with E-state index in [1.54, 1.807) is 22.9 Å². The van der Waals surface area contributed by atoms with Crippen molar-refractivity contribution >= 4 is 35.2 Å². The lowest BCUT2D eigenvalue weighted by Gasteiger charge is -2.11. The Kier molecular flexibility index (Phi) is 4.18. The van der Waals surface area contributed by atoms with Crippen molar-refractivity contribution in [2.24, 2.45) is 0 Å². The highest BCUT2D eigenvalue weighted by atomic mass is 32.1. The Hall–Kier alpha value is -2.93. The van der Waals surface area contributed by atoms with E-state index in [0.29, 0.717) is 11.3 Å². The van der Waals surface area contributed by atoms with Gasteiger partial charge in [-0.2, -0.15) is 0 Å². The zero-order chi connectivity index (χ0) is 17.3. The molecule has 6 nitrogen and oxygen atoms in total. The minimum Gasteiger partial charge on any atom is -0.328 e. The number of amides is 2. The van der Waals surface area contributed by atoms with Gasteiger partial charge >= 0.3 is 0 Å². The Labute approximate surface area is 144 Å². The Morgan fingerprint density at radius 2 is 1.92 bits per heavy atom. The third-order valence-corrected chi connectivity index (χ3v) is 3.94. The molecule has 7 heteroatoms. The first-order chi connectivity index (χ1) is 11.5. The van der Waals surface area contributed by atoms with E-state index in [-0.39, 0.29) is 16.9 Å². The van der Waals surface area contributed by atoms with Gasteiger partial charge in [-0.15, -0.1) is 0 Å². The lowest BCUT2D eigenvalue weighted by Crippen LogP contribution is -2.24.